The minimum atomic E-state index is -6.07. The van der Waals surface area contributed by atoms with E-state index in [1.54, 1.807) is 0 Å². The van der Waals surface area contributed by atoms with Crippen molar-refractivity contribution in [3.05, 3.63) is 53.1 Å². The van der Waals surface area contributed by atoms with Gasteiger partial charge in [-0.05, 0) is 97.6 Å². The summed E-state index contributed by atoms with van der Waals surface area (Å²) in [6, 6.07) is 2.61. The molecule has 2 saturated carbocycles. The van der Waals surface area contributed by atoms with Gasteiger partial charge in [0.1, 0.15) is 11.6 Å². The third kappa shape index (κ3) is 7.13. The maximum absolute atomic E-state index is 15.1. The quantitative estimate of drug-likeness (QED) is 0.275. The predicted octanol–water partition coefficient (Wildman–Crippen LogP) is 10.7. The molecule has 0 spiro atoms. The van der Waals surface area contributed by atoms with Crippen molar-refractivity contribution < 1.29 is 48.6 Å². The van der Waals surface area contributed by atoms with Gasteiger partial charge in [0.2, 0.25) is 0 Å². The van der Waals surface area contributed by atoms with Crippen LogP contribution in [-0.4, -0.2) is 18.5 Å². The molecule has 1 nitrogen and oxygen atoms in total. The van der Waals surface area contributed by atoms with E-state index >= 15 is 8.78 Å². The lowest BCUT2D eigenvalue weighted by molar-refractivity contribution is -0.306. The highest BCUT2D eigenvalue weighted by Gasteiger charge is 2.59. The molecule has 41 heavy (non-hydrogen) atoms. The van der Waals surface area contributed by atoms with Gasteiger partial charge in [0.05, 0.1) is 5.56 Å². The zero-order valence-electron chi connectivity index (χ0n) is 22.5. The normalized spacial score (nSPS) is 24.8. The molecule has 228 valence electrons. The second-order valence-corrected chi connectivity index (χ2v) is 11.4. The molecule has 2 aliphatic rings. The molecule has 1 atom stereocenters. The van der Waals surface area contributed by atoms with E-state index in [0.29, 0.717) is 17.4 Å². The minimum Gasteiger partial charge on any atom is -0.424 e. The summed E-state index contributed by atoms with van der Waals surface area (Å²) < 4.78 is 140. The van der Waals surface area contributed by atoms with Gasteiger partial charge in [-0.3, -0.25) is 0 Å². The maximum Gasteiger partial charge on any atom is 0.439 e. The zero-order chi connectivity index (χ0) is 30.1. The fourth-order valence-corrected chi connectivity index (χ4v) is 6.56. The number of rotatable bonds is 8. The van der Waals surface area contributed by atoms with Crippen LogP contribution in [0, 0.1) is 41.0 Å². The van der Waals surface area contributed by atoms with Gasteiger partial charge in [-0.2, -0.15) is 22.0 Å². The lowest BCUT2D eigenvalue weighted by Crippen LogP contribution is -2.46. The van der Waals surface area contributed by atoms with E-state index in [9.17, 15) is 35.1 Å². The summed E-state index contributed by atoms with van der Waals surface area (Å²) in [7, 11) is 0. The van der Waals surface area contributed by atoms with Crippen molar-refractivity contribution in [1.82, 2.24) is 0 Å². The SMILES string of the molecule is CCCC1CCC(C2CCC(c3cc(F)c(-c4cc(F)c(OC(F)(F)C(F)C(F)(F)F)c(F)c4)c(F)c3)CC2)CC1. The minimum absolute atomic E-state index is 0.102. The van der Waals surface area contributed by atoms with Gasteiger partial charge in [0.15, 0.2) is 17.4 Å². The molecule has 0 aliphatic heterocycles. The van der Waals surface area contributed by atoms with Crippen LogP contribution in [0.5, 0.6) is 5.75 Å². The maximum atomic E-state index is 15.1. The molecule has 0 saturated heterocycles. The molecule has 0 amide bonds. The molecule has 4 rings (SSSR count). The number of halogens is 10. The van der Waals surface area contributed by atoms with Crippen LogP contribution in [0.2, 0.25) is 0 Å². The molecule has 0 N–H and O–H groups in total. The molecule has 1 unspecified atom stereocenters. The first-order chi connectivity index (χ1) is 19.2. The molecule has 2 fully saturated rings. The molecule has 0 heterocycles. The number of ether oxygens (including phenoxy) is 1. The first kappa shape index (κ1) is 31.5. The van der Waals surface area contributed by atoms with Gasteiger partial charge in [0, 0.05) is 0 Å². The molecule has 0 radical (unpaired) electrons. The molecule has 0 bridgehead atoms. The van der Waals surface area contributed by atoms with Crippen LogP contribution in [-0.2, 0) is 0 Å². The number of benzene rings is 2. The summed E-state index contributed by atoms with van der Waals surface area (Å²) in [6.45, 7) is 2.20. The van der Waals surface area contributed by atoms with Crippen molar-refractivity contribution in [3.8, 4) is 16.9 Å². The van der Waals surface area contributed by atoms with Crippen LogP contribution in [0.25, 0.3) is 11.1 Å². The fourth-order valence-electron chi connectivity index (χ4n) is 6.56. The van der Waals surface area contributed by atoms with Gasteiger partial charge in [-0.1, -0.05) is 32.6 Å². The Bertz CT molecular complexity index is 1150. The number of alkyl halides is 6. The summed E-state index contributed by atoms with van der Waals surface area (Å²) in [6.07, 6.45) is -5.85. The van der Waals surface area contributed by atoms with E-state index in [2.05, 4.69) is 11.7 Å². The highest BCUT2D eigenvalue weighted by molar-refractivity contribution is 5.66. The van der Waals surface area contributed by atoms with Crippen molar-refractivity contribution in [1.29, 1.82) is 0 Å². The molecule has 11 heteroatoms. The zero-order valence-corrected chi connectivity index (χ0v) is 22.5. The second-order valence-electron chi connectivity index (χ2n) is 11.4. The van der Waals surface area contributed by atoms with Gasteiger partial charge >= 0.3 is 12.3 Å². The lowest BCUT2D eigenvalue weighted by atomic mass is 9.68. The fraction of sp³-hybridized carbons (Fsp3) is 0.600. The third-order valence-electron chi connectivity index (χ3n) is 8.67. The predicted molar refractivity (Wildman–Crippen MR) is 133 cm³/mol. The molecule has 2 aliphatic carbocycles. The van der Waals surface area contributed by atoms with Crippen molar-refractivity contribution >= 4 is 0 Å². The van der Waals surface area contributed by atoms with Crippen molar-refractivity contribution in [2.75, 3.05) is 0 Å². The first-order valence-electron chi connectivity index (χ1n) is 14.0. The van der Waals surface area contributed by atoms with Crippen LogP contribution in [0.4, 0.5) is 43.9 Å². The van der Waals surface area contributed by atoms with Gasteiger partial charge in [-0.25, -0.2) is 22.0 Å². The standard InChI is InChI=1S/C30H32F10O/c1-2-3-16-4-6-17(7-5-16)18-8-10-19(11-9-18)20-12-22(31)26(23(32)13-20)21-14-24(33)27(25(34)15-21)41-30(39,40)28(35)29(36,37)38/h12-19,28H,2-11H2,1H3. The summed E-state index contributed by atoms with van der Waals surface area (Å²) >= 11 is 0. The van der Waals surface area contributed by atoms with E-state index < -0.39 is 58.6 Å². The average molecular weight is 599 g/mol. The Morgan fingerprint density at radius 2 is 1.22 bits per heavy atom. The Hall–Kier alpha value is -2.46. The Labute approximate surface area is 232 Å². The van der Waals surface area contributed by atoms with Gasteiger partial charge in [0.25, 0.3) is 6.17 Å². The first-order valence-corrected chi connectivity index (χ1v) is 14.0. The van der Waals surface area contributed by atoms with E-state index in [-0.39, 0.29) is 18.1 Å². The van der Waals surface area contributed by atoms with Crippen molar-refractivity contribution in [2.45, 2.75) is 95.5 Å². The summed E-state index contributed by atoms with van der Waals surface area (Å²) in [5.41, 5.74) is -1.18. The Morgan fingerprint density at radius 3 is 1.68 bits per heavy atom. The van der Waals surface area contributed by atoms with Gasteiger partial charge in [-0.15, -0.1) is 0 Å². The molecule has 2 aromatic rings. The van der Waals surface area contributed by atoms with Crippen LogP contribution >= 0.6 is 0 Å². The van der Waals surface area contributed by atoms with Gasteiger partial charge < -0.3 is 4.74 Å². The van der Waals surface area contributed by atoms with E-state index in [4.69, 9.17) is 0 Å². The third-order valence-corrected chi connectivity index (χ3v) is 8.67. The van der Waals surface area contributed by atoms with Crippen LogP contribution in [0.3, 0.4) is 0 Å². The summed E-state index contributed by atoms with van der Waals surface area (Å²) in [4.78, 5) is 0. The molecule has 2 aromatic carbocycles. The van der Waals surface area contributed by atoms with Crippen molar-refractivity contribution in [3.63, 3.8) is 0 Å². The Balaban J connectivity index is 1.46. The smallest absolute Gasteiger partial charge is 0.424 e. The summed E-state index contributed by atoms with van der Waals surface area (Å²) in [5.74, 6) is -6.33. The number of hydrogen-bond donors (Lipinski definition) is 0. The topological polar surface area (TPSA) is 9.23 Å². The highest BCUT2D eigenvalue weighted by Crippen LogP contribution is 2.45. The van der Waals surface area contributed by atoms with Crippen molar-refractivity contribution in [2.24, 2.45) is 17.8 Å². The largest absolute Gasteiger partial charge is 0.439 e. The monoisotopic (exact) mass is 598 g/mol. The lowest BCUT2D eigenvalue weighted by Gasteiger charge is -2.38. The van der Waals surface area contributed by atoms with Crippen LogP contribution in [0.1, 0.15) is 82.6 Å². The number of hydrogen-bond acceptors (Lipinski definition) is 1. The Morgan fingerprint density at radius 1 is 0.732 bits per heavy atom. The summed E-state index contributed by atoms with van der Waals surface area (Å²) in [5, 5.41) is 0. The Kier molecular flexibility index (Phi) is 9.53. The van der Waals surface area contributed by atoms with E-state index in [0.717, 1.165) is 43.7 Å². The van der Waals surface area contributed by atoms with E-state index in [1.807, 2.05) is 0 Å². The molecular weight excluding hydrogens is 566 g/mol. The molecular formula is C30H32F10O. The molecule has 0 aromatic heterocycles. The average Bonchev–Trinajstić information content (AvgIpc) is 2.90. The highest BCUT2D eigenvalue weighted by atomic mass is 19.4. The van der Waals surface area contributed by atoms with Crippen LogP contribution < -0.4 is 4.74 Å². The second kappa shape index (κ2) is 12.4. The van der Waals surface area contributed by atoms with Crippen LogP contribution in [0.15, 0.2) is 24.3 Å². The van der Waals surface area contributed by atoms with E-state index in [1.165, 1.54) is 38.5 Å².